The lowest BCUT2D eigenvalue weighted by atomic mass is 10.0. The Morgan fingerprint density at radius 3 is 2.00 bits per heavy atom. The molecule has 3 nitrogen and oxygen atoms in total. The molecule has 1 aliphatic carbocycles. The molecule has 0 N–H and O–H groups in total. The van der Waals surface area contributed by atoms with Gasteiger partial charge >= 0.3 is 0 Å². The van der Waals surface area contributed by atoms with E-state index in [9.17, 15) is 8.42 Å². The van der Waals surface area contributed by atoms with Crippen LogP contribution in [0.25, 0.3) is 0 Å². The molecule has 0 aromatic carbocycles. The van der Waals surface area contributed by atoms with Crippen LogP contribution < -0.4 is 0 Å². The van der Waals surface area contributed by atoms with Crippen LogP contribution in [0.2, 0.25) is 0 Å². The highest BCUT2D eigenvalue weighted by Gasteiger charge is 2.55. The lowest BCUT2D eigenvalue weighted by molar-refractivity contribution is 0.535. The van der Waals surface area contributed by atoms with Crippen molar-refractivity contribution in [2.75, 3.05) is 0 Å². The van der Waals surface area contributed by atoms with E-state index in [1.165, 1.54) is 12.8 Å². The molecule has 1 aliphatic heterocycles. The number of fused-ring (bicyclic) bond motifs is 1. The largest absolute Gasteiger partial charge is 0.217 e. The molecule has 0 unspecified atom stereocenters. The molecule has 76 valence electrons. The molecule has 4 heteroatoms. The van der Waals surface area contributed by atoms with E-state index >= 15 is 0 Å². The fraction of sp³-hybridized carbons (Fsp3) is 1.00. The zero-order valence-electron chi connectivity index (χ0n) is 8.23. The van der Waals surface area contributed by atoms with Crippen molar-refractivity contribution in [1.82, 2.24) is 4.31 Å². The zero-order valence-corrected chi connectivity index (χ0v) is 9.05. The molecule has 0 amide bonds. The smallest absolute Gasteiger partial charge is 0.212 e. The lowest BCUT2D eigenvalue weighted by Crippen LogP contribution is -2.24. The van der Waals surface area contributed by atoms with Gasteiger partial charge in [-0.05, 0) is 26.7 Å². The van der Waals surface area contributed by atoms with E-state index in [0.717, 1.165) is 12.8 Å². The van der Waals surface area contributed by atoms with Crippen LogP contribution in [0.1, 0.15) is 39.5 Å². The molecule has 0 radical (unpaired) electrons. The maximum Gasteiger partial charge on any atom is 0.217 e. The summed E-state index contributed by atoms with van der Waals surface area (Å²) in [5.41, 5.74) is 0. The minimum absolute atomic E-state index is 0.252. The predicted molar refractivity (Wildman–Crippen MR) is 51.9 cm³/mol. The number of hydrogen-bond donors (Lipinski definition) is 0. The molecule has 2 fully saturated rings. The monoisotopic (exact) mass is 203 g/mol. The van der Waals surface area contributed by atoms with Crippen LogP contribution in [-0.2, 0) is 10.0 Å². The van der Waals surface area contributed by atoms with Crippen LogP contribution in [0.3, 0.4) is 0 Å². The van der Waals surface area contributed by atoms with Crippen LogP contribution in [0.4, 0.5) is 0 Å². The molecule has 2 rings (SSSR count). The highest BCUT2D eigenvalue weighted by molar-refractivity contribution is 7.90. The van der Waals surface area contributed by atoms with Crippen LogP contribution in [0.5, 0.6) is 0 Å². The third kappa shape index (κ3) is 1.40. The summed E-state index contributed by atoms with van der Waals surface area (Å²) in [5.74, 6) is 0. The average Bonchev–Trinajstić information content (AvgIpc) is 2.77. The molecule has 0 aromatic rings. The second-order valence-electron chi connectivity index (χ2n) is 4.34. The van der Waals surface area contributed by atoms with Crippen molar-refractivity contribution in [3.63, 3.8) is 0 Å². The van der Waals surface area contributed by atoms with Gasteiger partial charge in [-0.2, -0.15) is 4.31 Å². The van der Waals surface area contributed by atoms with Gasteiger partial charge < -0.3 is 0 Å². The summed E-state index contributed by atoms with van der Waals surface area (Å²) in [5, 5.41) is -0.252. The summed E-state index contributed by atoms with van der Waals surface area (Å²) >= 11 is 0. The third-order valence-electron chi connectivity index (χ3n) is 3.15. The molecule has 1 saturated heterocycles. The first-order chi connectivity index (χ1) is 6.05. The van der Waals surface area contributed by atoms with Crippen molar-refractivity contribution in [3.05, 3.63) is 0 Å². The molecular weight excluding hydrogens is 186 g/mol. The van der Waals surface area contributed by atoms with Crippen LogP contribution in [0.15, 0.2) is 0 Å². The predicted octanol–water partition coefficient (Wildman–Crippen LogP) is 1.35. The Morgan fingerprint density at radius 1 is 1.15 bits per heavy atom. The molecule has 0 spiro atoms. The number of rotatable bonds is 2. The van der Waals surface area contributed by atoms with Crippen LogP contribution >= 0.6 is 0 Å². The first-order valence-corrected chi connectivity index (χ1v) is 6.58. The fourth-order valence-corrected chi connectivity index (χ4v) is 3.96. The summed E-state index contributed by atoms with van der Waals surface area (Å²) in [6, 6.07) is 0.724. The van der Waals surface area contributed by atoms with Gasteiger partial charge in [0, 0.05) is 12.1 Å². The topological polar surface area (TPSA) is 37.1 Å². The van der Waals surface area contributed by atoms with E-state index in [-0.39, 0.29) is 5.25 Å². The molecule has 13 heavy (non-hydrogen) atoms. The van der Waals surface area contributed by atoms with Gasteiger partial charge in [0.05, 0.1) is 5.25 Å². The third-order valence-corrected chi connectivity index (χ3v) is 5.47. The second kappa shape index (κ2) is 2.95. The molecule has 2 aliphatic rings. The van der Waals surface area contributed by atoms with E-state index in [4.69, 9.17) is 0 Å². The molecule has 1 heterocycles. The summed E-state index contributed by atoms with van der Waals surface area (Å²) in [4.78, 5) is 0. The van der Waals surface area contributed by atoms with Gasteiger partial charge in [-0.3, -0.25) is 0 Å². The lowest BCUT2D eigenvalue weighted by Gasteiger charge is -2.08. The molecule has 1 saturated carbocycles. The Balaban J connectivity index is 2.12. The Hall–Kier alpha value is -0.0900. The number of hydrogen-bond acceptors (Lipinski definition) is 2. The van der Waals surface area contributed by atoms with Crippen molar-refractivity contribution in [1.29, 1.82) is 0 Å². The highest BCUT2D eigenvalue weighted by Crippen LogP contribution is 2.43. The van der Waals surface area contributed by atoms with Crippen molar-refractivity contribution < 1.29 is 8.42 Å². The summed E-state index contributed by atoms with van der Waals surface area (Å²) in [6.07, 6.45) is 4.56. The molecular formula is C9H17NO2S. The number of nitrogens with zero attached hydrogens (tertiary/aromatic N) is 1. The zero-order chi connectivity index (χ0) is 9.64. The first-order valence-electron chi connectivity index (χ1n) is 5.07. The first kappa shape index (κ1) is 9.46. The Labute approximate surface area is 80.2 Å². The normalized spacial score (nSPS) is 38.8. The number of sulfonamides is 1. The summed E-state index contributed by atoms with van der Waals surface area (Å²) in [6.45, 7) is 3.53. The second-order valence-corrected chi connectivity index (χ2v) is 6.74. The standard InChI is InChI=1S/C9H17NO2S/c1-7(2)13(11,12)10-8-5-3-4-6-9(8)10/h7-9H,3-6H2,1-2H3/t8-,9-/m1/s1. The minimum Gasteiger partial charge on any atom is -0.212 e. The average molecular weight is 203 g/mol. The summed E-state index contributed by atoms with van der Waals surface area (Å²) < 4.78 is 25.3. The highest BCUT2D eigenvalue weighted by atomic mass is 32.2. The quantitative estimate of drug-likeness (QED) is 0.635. The SMILES string of the molecule is CC(C)S(=O)(=O)N1[C@@H]2CCCC[C@H]21. The van der Waals surface area contributed by atoms with Gasteiger partial charge in [-0.15, -0.1) is 0 Å². The Kier molecular flexibility index (Phi) is 2.15. The van der Waals surface area contributed by atoms with Crippen LogP contribution in [0, 0.1) is 0 Å². The van der Waals surface area contributed by atoms with Gasteiger partial charge in [-0.25, -0.2) is 8.42 Å². The van der Waals surface area contributed by atoms with Gasteiger partial charge in [0.15, 0.2) is 0 Å². The van der Waals surface area contributed by atoms with E-state index in [0.29, 0.717) is 12.1 Å². The van der Waals surface area contributed by atoms with Gasteiger partial charge in [0.1, 0.15) is 0 Å². The van der Waals surface area contributed by atoms with E-state index in [1.807, 2.05) is 0 Å². The molecule has 2 atom stereocenters. The molecule has 0 aromatic heterocycles. The van der Waals surface area contributed by atoms with Gasteiger partial charge in [0.2, 0.25) is 10.0 Å². The van der Waals surface area contributed by atoms with Gasteiger partial charge in [0.25, 0.3) is 0 Å². The van der Waals surface area contributed by atoms with Gasteiger partial charge in [-0.1, -0.05) is 12.8 Å². The van der Waals surface area contributed by atoms with E-state index in [1.54, 1.807) is 18.2 Å². The fourth-order valence-electron chi connectivity index (χ4n) is 2.28. The van der Waals surface area contributed by atoms with Crippen molar-refractivity contribution in [3.8, 4) is 0 Å². The Bertz CT molecular complexity index is 285. The summed E-state index contributed by atoms with van der Waals surface area (Å²) in [7, 11) is -2.95. The maximum absolute atomic E-state index is 11.8. The van der Waals surface area contributed by atoms with Crippen molar-refractivity contribution >= 4 is 10.0 Å². The van der Waals surface area contributed by atoms with Crippen LogP contribution in [-0.4, -0.2) is 30.1 Å². The molecule has 0 bridgehead atoms. The Morgan fingerprint density at radius 2 is 1.62 bits per heavy atom. The minimum atomic E-state index is -2.95. The van der Waals surface area contributed by atoms with Crippen molar-refractivity contribution in [2.45, 2.75) is 56.9 Å². The van der Waals surface area contributed by atoms with Crippen molar-refractivity contribution in [2.24, 2.45) is 0 Å². The maximum atomic E-state index is 11.8. The van der Waals surface area contributed by atoms with E-state index in [2.05, 4.69) is 0 Å². The van der Waals surface area contributed by atoms with E-state index < -0.39 is 10.0 Å².